The maximum Gasteiger partial charge on any atom is 0.275 e. The summed E-state index contributed by atoms with van der Waals surface area (Å²) in [6.07, 6.45) is 1.65. The summed E-state index contributed by atoms with van der Waals surface area (Å²) in [5.74, 6) is 0.720. The second-order valence-corrected chi connectivity index (χ2v) is 7.89. The van der Waals surface area contributed by atoms with Gasteiger partial charge in [-0.15, -0.1) is 23.1 Å². The van der Waals surface area contributed by atoms with Gasteiger partial charge >= 0.3 is 0 Å². The van der Waals surface area contributed by atoms with Crippen LogP contribution in [0.4, 0.5) is 5.13 Å². The number of thiazole rings is 1. The summed E-state index contributed by atoms with van der Waals surface area (Å²) in [5.41, 5.74) is 2.68. The van der Waals surface area contributed by atoms with Gasteiger partial charge in [0.2, 0.25) is 0 Å². The van der Waals surface area contributed by atoms with E-state index in [1.165, 1.54) is 9.77 Å². The van der Waals surface area contributed by atoms with Gasteiger partial charge < -0.3 is 0 Å². The highest BCUT2D eigenvalue weighted by Crippen LogP contribution is 2.44. The second-order valence-electron chi connectivity index (χ2n) is 5.78. The quantitative estimate of drug-likeness (QED) is 0.753. The van der Waals surface area contributed by atoms with Crippen molar-refractivity contribution in [3.05, 3.63) is 47.1 Å². The predicted octanol–water partition coefficient (Wildman–Crippen LogP) is 4.45. The van der Waals surface area contributed by atoms with E-state index in [-0.39, 0.29) is 11.9 Å². The Morgan fingerprint density at radius 2 is 2.12 bits per heavy atom. The number of anilines is 1. The number of rotatable bonds is 3. The van der Waals surface area contributed by atoms with Crippen LogP contribution in [0.2, 0.25) is 0 Å². The van der Waals surface area contributed by atoms with Gasteiger partial charge in [0, 0.05) is 33.3 Å². The maximum atomic E-state index is 12.5. The molecule has 1 N–H and O–H groups in total. The fourth-order valence-corrected chi connectivity index (χ4v) is 4.81. The smallest absolute Gasteiger partial charge is 0.275 e. The van der Waals surface area contributed by atoms with Crippen LogP contribution in [0, 0.1) is 0 Å². The van der Waals surface area contributed by atoms with Gasteiger partial charge in [-0.2, -0.15) is 5.10 Å². The number of benzene rings is 1. The molecule has 0 radical (unpaired) electrons. The van der Waals surface area contributed by atoms with Crippen molar-refractivity contribution in [1.29, 1.82) is 0 Å². The number of thioether (sulfide) groups is 1. The summed E-state index contributed by atoms with van der Waals surface area (Å²) in [6.45, 7) is 4.00. The average Bonchev–Trinajstić information content (AvgIpc) is 3.21. The molecule has 1 aromatic carbocycles. The van der Waals surface area contributed by atoms with Crippen LogP contribution in [0.15, 0.2) is 41.4 Å². The first kappa shape index (κ1) is 15.4. The number of hydrogen-bond donors (Lipinski definition) is 1. The molecule has 0 atom stereocenters. The maximum absolute atomic E-state index is 12.5. The van der Waals surface area contributed by atoms with Crippen molar-refractivity contribution in [2.75, 3.05) is 5.32 Å². The van der Waals surface area contributed by atoms with Crippen molar-refractivity contribution in [2.24, 2.45) is 0 Å². The SMILES string of the molecule is CC(C)n1nccc1C(=O)Nc1nc2c(s1)CSc1ccccc1-2. The number of nitrogens with one attached hydrogen (secondary N) is 1. The van der Waals surface area contributed by atoms with Gasteiger partial charge in [-0.25, -0.2) is 4.98 Å². The van der Waals surface area contributed by atoms with Crippen LogP contribution in [0.1, 0.15) is 35.3 Å². The number of carbonyl (C=O) groups excluding carboxylic acids is 1. The first-order chi connectivity index (χ1) is 11.6. The molecule has 0 saturated carbocycles. The number of carbonyl (C=O) groups is 1. The Morgan fingerprint density at radius 3 is 2.96 bits per heavy atom. The lowest BCUT2D eigenvalue weighted by Crippen LogP contribution is -2.18. The van der Waals surface area contributed by atoms with E-state index in [9.17, 15) is 4.79 Å². The van der Waals surface area contributed by atoms with E-state index in [1.807, 2.05) is 37.7 Å². The van der Waals surface area contributed by atoms with Crippen LogP contribution in [-0.4, -0.2) is 20.7 Å². The molecule has 3 aromatic rings. The molecule has 7 heteroatoms. The average molecular weight is 356 g/mol. The van der Waals surface area contributed by atoms with E-state index in [2.05, 4.69) is 27.5 Å². The lowest BCUT2D eigenvalue weighted by Gasteiger charge is -2.13. The lowest BCUT2D eigenvalue weighted by molar-refractivity contribution is 0.101. The van der Waals surface area contributed by atoms with Crippen LogP contribution in [0.5, 0.6) is 0 Å². The molecule has 122 valence electrons. The molecule has 1 aliphatic heterocycles. The number of hydrogen-bond acceptors (Lipinski definition) is 5. The van der Waals surface area contributed by atoms with Crippen LogP contribution < -0.4 is 5.32 Å². The third kappa shape index (κ3) is 2.63. The summed E-state index contributed by atoms with van der Waals surface area (Å²) >= 11 is 3.36. The van der Waals surface area contributed by atoms with Gasteiger partial charge in [0.05, 0.1) is 5.69 Å². The molecule has 0 bridgehead atoms. The van der Waals surface area contributed by atoms with E-state index in [4.69, 9.17) is 0 Å². The molecule has 0 aliphatic carbocycles. The van der Waals surface area contributed by atoms with Crippen LogP contribution in [-0.2, 0) is 5.75 Å². The fraction of sp³-hybridized carbons (Fsp3) is 0.235. The Hall–Kier alpha value is -2.12. The Morgan fingerprint density at radius 1 is 1.29 bits per heavy atom. The zero-order chi connectivity index (χ0) is 16.7. The number of fused-ring (bicyclic) bond motifs is 3. The highest BCUT2D eigenvalue weighted by Gasteiger charge is 2.22. The Bertz CT molecular complexity index is 913. The Labute approximate surface area is 148 Å². The minimum atomic E-state index is -0.173. The van der Waals surface area contributed by atoms with Crippen molar-refractivity contribution < 1.29 is 4.79 Å². The zero-order valence-electron chi connectivity index (χ0n) is 13.3. The summed E-state index contributed by atoms with van der Waals surface area (Å²) in [5, 5.41) is 7.77. The molecule has 0 spiro atoms. The van der Waals surface area contributed by atoms with E-state index in [1.54, 1.807) is 28.3 Å². The van der Waals surface area contributed by atoms with Gasteiger partial charge in [0.15, 0.2) is 5.13 Å². The minimum absolute atomic E-state index is 0.133. The van der Waals surface area contributed by atoms with Crippen LogP contribution in [0.3, 0.4) is 0 Å². The van der Waals surface area contributed by atoms with Gasteiger partial charge in [-0.3, -0.25) is 14.8 Å². The largest absolute Gasteiger partial charge is 0.296 e. The van der Waals surface area contributed by atoms with E-state index >= 15 is 0 Å². The van der Waals surface area contributed by atoms with E-state index < -0.39 is 0 Å². The van der Waals surface area contributed by atoms with Gasteiger partial charge in [0.1, 0.15) is 5.69 Å². The van der Waals surface area contributed by atoms with E-state index in [0.29, 0.717) is 10.8 Å². The van der Waals surface area contributed by atoms with E-state index in [0.717, 1.165) is 17.0 Å². The molecular weight excluding hydrogens is 340 g/mol. The highest BCUT2D eigenvalue weighted by molar-refractivity contribution is 7.98. The number of nitrogens with zero attached hydrogens (tertiary/aromatic N) is 3. The van der Waals surface area contributed by atoms with Crippen molar-refractivity contribution in [1.82, 2.24) is 14.8 Å². The summed E-state index contributed by atoms with van der Waals surface area (Å²) in [6, 6.07) is 10.1. The molecule has 1 aliphatic rings. The normalized spacial score (nSPS) is 12.8. The molecule has 3 heterocycles. The first-order valence-electron chi connectivity index (χ1n) is 7.70. The molecule has 5 nitrogen and oxygen atoms in total. The third-order valence-corrected chi connectivity index (χ3v) is 6.06. The zero-order valence-corrected chi connectivity index (χ0v) is 14.9. The number of amides is 1. The Balaban J connectivity index is 1.62. The van der Waals surface area contributed by atoms with Crippen molar-refractivity contribution in [3.63, 3.8) is 0 Å². The minimum Gasteiger partial charge on any atom is -0.296 e. The third-order valence-electron chi connectivity index (χ3n) is 3.81. The molecule has 4 rings (SSSR count). The lowest BCUT2D eigenvalue weighted by atomic mass is 10.1. The molecule has 0 fully saturated rings. The van der Waals surface area contributed by atoms with Crippen molar-refractivity contribution in [3.8, 4) is 11.3 Å². The van der Waals surface area contributed by atoms with Gasteiger partial charge in [-0.1, -0.05) is 18.2 Å². The first-order valence-corrected chi connectivity index (χ1v) is 9.50. The van der Waals surface area contributed by atoms with Crippen LogP contribution >= 0.6 is 23.1 Å². The molecule has 0 saturated heterocycles. The van der Waals surface area contributed by atoms with Crippen molar-refractivity contribution >= 4 is 34.1 Å². The highest BCUT2D eigenvalue weighted by atomic mass is 32.2. The monoisotopic (exact) mass is 356 g/mol. The number of aromatic nitrogens is 3. The fourth-order valence-electron chi connectivity index (χ4n) is 2.71. The summed E-state index contributed by atoms with van der Waals surface area (Å²) in [4.78, 5) is 19.7. The topological polar surface area (TPSA) is 59.8 Å². The second kappa shape index (κ2) is 6.07. The summed E-state index contributed by atoms with van der Waals surface area (Å²) in [7, 11) is 0. The van der Waals surface area contributed by atoms with Gasteiger partial charge in [0.25, 0.3) is 5.91 Å². The van der Waals surface area contributed by atoms with Gasteiger partial charge in [-0.05, 0) is 26.0 Å². The Kier molecular flexibility index (Phi) is 3.90. The van der Waals surface area contributed by atoms with Crippen LogP contribution in [0.25, 0.3) is 11.3 Å². The molecule has 2 aromatic heterocycles. The molecule has 1 amide bonds. The molecular formula is C17H16N4OS2. The molecule has 24 heavy (non-hydrogen) atoms. The summed E-state index contributed by atoms with van der Waals surface area (Å²) < 4.78 is 1.72. The van der Waals surface area contributed by atoms with Crippen molar-refractivity contribution in [2.45, 2.75) is 30.5 Å². The molecule has 0 unspecified atom stereocenters. The standard InChI is InChI=1S/C17H16N4OS2/c1-10(2)21-12(7-8-18-21)16(22)20-17-19-15-11-5-3-4-6-13(11)23-9-14(15)24-17/h3-8,10H,9H2,1-2H3,(H,19,20,22). The predicted molar refractivity (Wildman–Crippen MR) is 97.7 cm³/mol.